The van der Waals surface area contributed by atoms with Crippen LogP contribution < -0.4 is 0 Å². The highest BCUT2D eigenvalue weighted by atomic mass is 28.4. The van der Waals surface area contributed by atoms with Crippen LogP contribution in [0.25, 0.3) is 0 Å². The van der Waals surface area contributed by atoms with Gasteiger partial charge >= 0.3 is 17.1 Å². The van der Waals surface area contributed by atoms with Crippen LogP contribution in [0.3, 0.4) is 0 Å². The molecule has 0 aliphatic rings. The summed E-state index contributed by atoms with van der Waals surface area (Å²) in [5.41, 5.74) is 4.70. The van der Waals surface area contributed by atoms with Gasteiger partial charge in [-0.2, -0.15) is 0 Å². The van der Waals surface area contributed by atoms with Crippen molar-refractivity contribution in [1.82, 2.24) is 0 Å². The highest BCUT2D eigenvalue weighted by molar-refractivity contribution is 6.66. The van der Waals surface area contributed by atoms with E-state index in [4.69, 9.17) is 27.7 Å². The third kappa shape index (κ3) is 11.9. The molecule has 1 aromatic carbocycles. The topological polar surface area (TPSA) is 61.6 Å². The molecule has 0 aliphatic carbocycles. The molecule has 0 aliphatic heterocycles. The molecule has 206 valence electrons. The number of nitrogens with zero attached hydrogens (tertiary/aromatic N) is 2. The van der Waals surface area contributed by atoms with Gasteiger partial charge in [-0.15, -0.1) is 0 Å². The molecule has 6 nitrogen and oxygen atoms in total. The maximum atomic E-state index is 5.95. The molecular weight excluding hydrogens is 484 g/mol. The first-order chi connectivity index (χ1) is 17.3. The van der Waals surface area contributed by atoms with E-state index in [-0.39, 0.29) is 0 Å². The quantitative estimate of drug-likeness (QED) is 0.101. The van der Waals surface area contributed by atoms with E-state index in [1.54, 1.807) is 0 Å². The highest BCUT2D eigenvalue weighted by Gasteiger charge is 2.30. The van der Waals surface area contributed by atoms with Crippen LogP contribution in [-0.4, -0.2) is 68.1 Å². The van der Waals surface area contributed by atoms with Crippen molar-refractivity contribution in [1.29, 1.82) is 0 Å². The van der Waals surface area contributed by atoms with Gasteiger partial charge in [0.15, 0.2) is 0 Å². The average molecular weight is 537 g/mol. The Kier molecular flexibility index (Phi) is 16.6. The second kappa shape index (κ2) is 18.1. The van der Waals surface area contributed by atoms with E-state index in [1.165, 1.54) is 11.1 Å². The molecule has 1 aromatic rings. The molecule has 0 amide bonds. The molecule has 36 heavy (non-hydrogen) atoms. The molecule has 0 bridgehead atoms. The van der Waals surface area contributed by atoms with Gasteiger partial charge in [0.2, 0.25) is 0 Å². The molecule has 0 fully saturated rings. The Balaban J connectivity index is 2.74. The molecule has 0 heterocycles. The zero-order chi connectivity index (χ0) is 26.9. The molecule has 0 spiro atoms. The van der Waals surface area contributed by atoms with Crippen LogP contribution in [0.2, 0.25) is 25.2 Å². The second-order valence-electron chi connectivity index (χ2n) is 9.15. The van der Waals surface area contributed by atoms with Crippen molar-refractivity contribution in [3.05, 3.63) is 35.4 Å². The Morgan fingerprint density at radius 2 is 0.889 bits per heavy atom. The minimum atomic E-state index is -2.06. The van der Waals surface area contributed by atoms with Gasteiger partial charge in [0.1, 0.15) is 0 Å². The third-order valence-electron chi connectivity index (χ3n) is 6.20. The summed E-state index contributed by atoms with van der Waals surface area (Å²) < 4.78 is 23.8. The zero-order valence-electron chi connectivity index (χ0n) is 24.3. The van der Waals surface area contributed by atoms with Crippen LogP contribution in [0, 0.1) is 0 Å². The zero-order valence-corrected chi connectivity index (χ0v) is 26.3. The molecule has 8 heteroatoms. The van der Waals surface area contributed by atoms with Gasteiger partial charge in [-0.3, -0.25) is 9.98 Å². The summed E-state index contributed by atoms with van der Waals surface area (Å²) in [6.07, 6.45) is 3.82. The van der Waals surface area contributed by atoms with Gasteiger partial charge in [0, 0.05) is 50.9 Å². The fourth-order valence-corrected chi connectivity index (χ4v) is 9.28. The van der Waals surface area contributed by atoms with Crippen LogP contribution >= 0.6 is 0 Å². The summed E-state index contributed by atoms with van der Waals surface area (Å²) in [7, 11) is -4.13. The first-order valence-electron chi connectivity index (χ1n) is 14.0. The first-order valence-corrected chi connectivity index (χ1v) is 19.1. The lowest BCUT2D eigenvalue weighted by atomic mass is 10.0. The minimum Gasteiger partial charge on any atom is -0.395 e. The molecule has 1 rings (SSSR count). The van der Waals surface area contributed by atoms with Crippen molar-refractivity contribution in [3.8, 4) is 0 Å². The molecule has 0 atom stereocenters. The van der Waals surface area contributed by atoms with Crippen LogP contribution in [0.4, 0.5) is 0 Å². The van der Waals surface area contributed by atoms with Crippen LogP contribution in [0.1, 0.15) is 78.4 Å². The maximum Gasteiger partial charge on any atom is 0.334 e. The molecule has 0 aromatic heterocycles. The van der Waals surface area contributed by atoms with Gasteiger partial charge in [0.25, 0.3) is 0 Å². The van der Waals surface area contributed by atoms with Crippen molar-refractivity contribution in [3.63, 3.8) is 0 Å². The summed E-state index contributed by atoms with van der Waals surface area (Å²) in [5, 5.41) is 0. The van der Waals surface area contributed by atoms with Crippen LogP contribution in [0.5, 0.6) is 0 Å². The first kappa shape index (κ1) is 32.9. The van der Waals surface area contributed by atoms with E-state index < -0.39 is 17.1 Å². The molecule has 0 saturated heterocycles. The molecule has 0 unspecified atom stereocenters. The minimum absolute atomic E-state index is 0.712. The average Bonchev–Trinajstić information content (AvgIpc) is 2.85. The van der Waals surface area contributed by atoms with Crippen molar-refractivity contribution < 1.29 is 17.7 Å². The Labute approximate surface area is 223 Å². The van der Waals surface area contributed by atoms with Crippen molar-refractivity contribution >= 4 is 28.5 Å². The van der Waals surface area contributed by atoms with E-state index in [9.17, 15) is 0 Å². The smallest absolute Gasteiger partial charge is 0.334 e. The number of benzene rings is 1. The summed E-state index contributed by atoms with van der Waals surface area (Å²) >= 11 is 0. The number of rotatable bonds is 20. The lowest BCUT2D eigenvalue weighted by Gasteiger charge is -2.25. The summed E-state index contributed by atoms with van der Waals surface area (Å²) in [6, 6.07) is 10.7. The van der Waals surface area contributed by atoms with Gasteiger partial charge in [-0.1, -0.05) is 38.1 Å². The predicted molar refractivity (Wildman–Crippen MR) is 158 cm³/mol. The van der Waals surface area contributed by atoms with Gasteiger partial charge in [0.05, 0.1) is 0 Å². The van der Waals surface area contributed by atoms with Gasteiger partial charge in [-0.05, 0) is 89.7 Å². The standard InChI is InChI=1S/C28H52N2O4Si2/c1-9-27(29-21-15-23-35(7,31-11-3)32-12-4)25-17-19-26(20-18-25)28(10-2)30-22-16-24-36(8,33-13-5)34-14-6/h17-20H,9-16,21-24H2,1-8H3/b29-27+,30-28+. The summed E-state index contributed by atoms with van der Waals surface area (Å²) in [4.78, 5) is 9.84. The fraction of sp³-hybridized carbons (Fsp3) is 0.714. The summed E-state index contributed by atoms with van der Waals surface area (Å²) in [6.45, 7) is 21.3. The van der Waals surface area contributed by atoms with E-state index in [2.05, 4.69) is 51.2 Å². The maximum absolute atomic E-state index is 5.95. The van der Waals surface area contributed by atoms with E-state index >= 15 is 0 Å². The molecule has 0 N–H and O–H groups in total. The molecular formula is C28H52N2O4Si2. The Bertz CT molecular complexity index is 707. The number of aliphatic imine (C=N–C) groups is 2. The molecule has 0 radical (unpaired) electrons. The predicted octanol–water partition coefficient (Wildman–Crippen LogP) is 7.16. The SMILES string of the molecule is CCO[Si](C)(CCC/N=C(\CC)c1ccc(/C(CC)=N/CCC[Si](C)(OCC)OCC)cc1)OCC. The van der Waals surface area contributed by atoms with Crippen molar-refractivity contribution in [2.24, 2.45) is 9.98 Å². The normalized spacial score (nSPS) is 13.4. The van der Waals surface area contributed by atoms with E-state index in [1.807, 2.05) is 27.7 Å². The lowest BCUT2D eigenvalue weighted by molar-refractivity contribution is 0.188. The Hall–Kier alpha value is -1.17. The van der Waals surface area contributed by atoms with Gasteiger partial charge < -0.3 is 17.7 Å². The fourth-order valence-electron chi connectivity index (χ4n) is 4.49. The monoisotopic (exact) mass is 536 g/mol. The third-order valence-corrected chi connectivity index (χ3v) is 12.3. The van der Waals surface area contributed by atoms with Crippen molar-refractivity contribution in [2.45, 2.75) is 92.4 Å². The number of hydrogen-bond donors (Lipinski definition) is 0. The van der Waals surface area contributed by atoms with E-state index in [0.29, 0.717) is 26.4 Å². The van der Waals surface area contributed by atoms with Crippen LogP contribution in [-0.2, 0) is 17.7 Å². The number of hydrogen-bond acceptors (Lipinski definition) is 6. The Morgan fingerprint density at radius 3 is 1.14 bits per heavy atom. The lowest BCUT2D eigenvalue weighted by Crippen LogP contribution is -2.38. The van der Waals surface area contributed by atoms with Crippen molar-refractivity contribution in [2.75, 3.05) is 39.5 Å². The highest BCUT2D eigenvalue weighted by Crippen LogP contribution is 2.18. The van der Waals surface area contributed by atoms with Gasteiger partial charge in [-0.25, -0.2) is 0 Å². The summed E-state index contributed by atoms with van der Waals surface area (Å²) in [5.74, 6) is 0. The Morgan fingerprint density at radius 1 is 0.583 bits per heavy atom. The molecule has 0 saturated carbocycles. The van der Waals surface area contributed by atoms with E-state index in [0.717, 1.165) is 62.3 Å². The largest absolute Gasteiger partial charge is 0.395 e. The van der Waals surface area contributed by atoms with Crippen LogP contribution in [0.15, 0.2) is 34.3 Å². The second-order valence-corrected chi connectivity index (χ2v) is 15.8.